The molecule has 1 amide bonds. The van der Waals surface area contributed by atoms with Crippen LogP contribution in [0.5, 0.6) is 0 Å². The van der Waals surface area contributed by atoms with Gasteiger partial charge in [-0.05, 0) is 96.3 Å². The number of esters is 1. The molecule has 0 aromatic rings. The van der Waals surface area contributed by atoms with Gasteiger partial charge in [0.1, 0.15) is 12.7 Å². The average molecular weight is 812 g/mol. The number of allylic oxidation sites excluding steroid dienone is 20. The molecule has 0 aliphatic carbocycles. The fourth-order valence-corrected chi connectivity index (χ4v) is 5.55. The molecule has 0 bridgehead atoms. The highest BCUT2D eigenvalue weighted by molar-refractivity contribution is 7.47. The molecule has 0 aromatic heterocycles. The van der Waals surface area contributed by atoms with Crippen LogP contribution in [0.25, 0.3) is 0 Å². The van der Waals surface area contributed by atoms with Crippen LogP contribution in [0.15, 0.2) is 122 Å². The first kappa shape index (κ1) is 53.4. The van der Waals surface area contributed by atoms with E-state index in [1.54, 1.807) is 0 Å². The number of amides is 1. The molecule has 9 nitrogen and oxygen atoms in total. The van der Waals surface area contributed by atoms with Crippen molar-refractivity contribution in [3.8, 4) is 0 Å². The van der Waals surface area contributed by atoms with Gasteiger partial charge >= 0.3 is 13.8 Å². The Balaban J connectivity index is 3.78. The molecular weight excluding hydrogens is 737 g/mol. The third-order valence-corrected chi connectivity index (χ3v) is 8.87. The average Bonchev–Trinajstić information content (AvgIpc) is 3.20. The molecule has 57 heavy (non-hydrogen) atoms. The smallest absolute Gasteiger partial charge is 0.463 e. The van der Waals surface area contributed by atoms with Gasteiger partial charge in [0.2, 0.25) is 5.91 Å². The molecule has 2 atom stereocenters. The third kappa shape index (κ3) is 43.4. The minimum absolute atomic E-state index is 0.0380. The monoisotopic (exact) mass is 812 g/mol. The highest BCUT2D eigenvalue weighted by Gasteiger charge is 2.23. The molecule has 0 aromatic carbocycles. The predicted molar refractivity (Wildman–Crippen MR) is 238 cm³/mol. The van der Waals surface area contributed by atoms with Crippen LogP contribution in [0.1, 0.15) is 129 Å². The first-order chi connectivity index (χ1) is 27.8. The summed E-state index contributed by atoms with van der Waals surface area (Å²) >= 11 is 0. The van der Waals surface area contributed by atoms with E-state index >= 15 is 0 Å². The van der Waals surface area contributed by atoms with Gasteiger partial charge in [0.15, 0.2) is 0 Å². The van der Waals surface area contributed by atoms with Crippen LogP contribution in [0.4, 0.5) is 0 Å². The van der Waals surface area contributed by atoms with Gasteiger partial charge in [-0.2, -0.15) is 0 Å². The van der Waals surface area contributed by atoms with E-state index in [1.807, 2.05) is 0 Å². The molecule has 0 aliphatic rings. The largest absolute Gasteiger partial charge is 0.472 e. The molecular formula is C47H74NO8P. The number of aliphatic hydroxyl groups excluding tert-OH is 1. The molecule has 0 heterocycles. The van der Waals surface area contributed by atoms with E-state index in [0.29, 0.717) is 19.3 Å². The zero-order valence-corrected chi connectivity index (χ0v) is 35.9. The van der Waals surface area contributed by atoms with E-state index in [-0.39, 0.29) is 32.1 Å². The SMILES string of the molecule is CC/C=C\C/C=C\C/C=C\C/C=C\C/C=C\C/C=C\C/C=C\CCCC(=O)NCCOP(=O)(O)OCC(O)COC(=O)CCCCC/C=C\C/C=C\C/C=C\CC. The molecule has 3 N–H and O–H groups in total. The van der Waals surface area contributed by atoms with Gasteiger partial charge in [0.05, 0.1) is 13.2 Å². The molecule has 10 heteroatoms. The number of carbonyl (C=O) groups is 2. The number of unbranched alkanes of at least 4 members (excludes halogenated alkanes) is 4. The van der Waals surface area contributed by atoms with Crippen LogP contribution < -0.4 is 5.32 Å². The maximum Gasteiger partial charge on any atom is 0.472 e. The Kier molecular flexibility index (Phi) is 39.4. The minimum atomic E-state index is -4.45. The Labute approximate surface area is 345 Å². The van der Waals surface area contributed by atoms with E-state index < -0.39 is 26.5 Å². The van der Waals surface area contributed by atoms with E-state index in [9.17, 15) is 24.2 Å². The topological polar surface area (TPSA) is 131 Å². The van der Waals surface area contributed by atoms with Gasteiger partial charge in [-0.15, -0.1) is 0 Å². The highest BCUT2D eigenvalue weighted by Crippen LogP contribution is 2.42. The second-order valence-electron chi connectivity index (χ2n) is 13.2. The summed E-state index contributed by atoms with van der Waals surface area (Å²) in [6.45, 7) is 3.17. The molecule has 320 valence electrons. The van der Waals surface area contributed by atoms with Crippen molar-refractivity contribution in [2.24, 2.45) is 0 Å². The van der Waals surface area contributed by atoms with Crippen molar-refractivity contribution in [3.63, 3.8) is 0 Å². The summed E-state index contributed by atoms with van der Waals surface area (Å²) in [6, 6.07) is 0. The summed E-state index contributed by atoms with van der Waals surface area (Å²) in [4.78, 5) is 33.8. The van der Waals surface area contributed by atoms with Gasteiger partial charge < -0.3 is 20.1 Å². The lowest BCUT2D eigenvalue weighted by atomic mass is 10.1. The van der Waals surface area contributed by atoms with Gasteiger partial charge in [-0.25, -0.2) is 4.57 Å². The summed E-state index contributed by atoms with van der Waals surface area (Å²) in [6.07, 6.45) is 57.1. The number of phosphoric acid groups is 1. The Morgan fingerprint density at radius 3 is 1.42 bits per heavy atom. The number of phosphoric ester groups is 1. The second kappa shape index (κ2) is 42.0. The van der Waals surface area contributed by atoms with Crippen molar-refractivity contribution in [1.29, 1.82) is 0 Å². The second-order valence-corrected chi connectivity index (χ2v) is 14.6. The van der Waals surface area contributed by atoms with E-state index in [2.05, 4.69) is 141 Å². The van der Waals surface area contributed by atoms with Gasteiger partial charge in [0, 0.05) is 19.4 Å². The lowest BCUT2D eigenvalue weighted by Crippen LogP contribution is -2.27. The van der Waals surface area contributed by atoms with Crippen LogP contribution in [0.2, 0.25) is 0 Å². The first-order valence-corrected chi connectivity index (χ1v) is 22.5. The fourth-order valence-electron chi connectivity index (χ4n) is 4.79. The molecule has 2 unspecified atom stereocenters. The van der Waals surface area contributed by atoms with Gasteiger partial charge in [0.25, 0.3) is 0 Å². The van der Waals surface area contributed by atoms with Crippen molar-refractivity contribution in [1.82, 2.24) is 5.32 Å². The van der Waals surface area contributed by atoms with Crippen LogP contribution >= 0.6 is 7.82 Å². The molecule has 0 rings (SSSR count). The van der Waals surface area contributed by atoms with Crippen molar-refractivity contribution in [2.75, 3.05) is 26.4 Å². The summed E-state index contributed by atoms with van der Waals surface area (Å²) in [5, 5.41) is 12.6. The quantitative estimate of drug-likeness (QED) is 0.0245. The maximum absolute atomic E-state index is 12.1. The normalized spacial score (nSPS) is 14.5. The number of rotatable bonds is 37. The molecule has 0 aliphatic heterocycles. The number of carbonyl (C=O) groups excluding carboxylic acids is 2. The number of hydrogen-bond donors (Lipinski definition) is 3. The van der Waals surface area contributed by atoms with Crippen molar-refractivity contribution >= 4 is 19.7 Å². The fraction of sp³-hybridized carbons (Fsp3) is 0.532. The van der Waals surface area contributed by atoms with E-state index in [0.717, 1.165) is 89.9 Å². The summed E-state index contributed by atoms with van der Waals surface area (Å²) < 4.78 is 26.8. The number of nitrogens with one attached hydrogen (secondary N) is 1. The first-order valence-electron chi connectivity index (χ1n) is 21.0. The molecule has 0 saturated carbocycles. The minimum Gasteiger partial charge on any atom is -0.463 e. The molecule has 0 spiro atoms. The number of hydrogen-bond acceptors (Lipinski definition) is 7. The Hall–Kier alpha value is -3.59. The van der Waals surface area contributed by atoms with Crippen LogP contribution in [-0.4, -0.2) is 54.3 Å². The zero-order valence-electron chi connectivity index (χ0n) is 35.0. The summed E-state index contributed by atoms with van der Waals surface area (Å²) in [5.41, 5.74) is 0. The lowest BCUT2D eigenvalue weighted by molar-refractivity contribution is -0.147. The predicted octanol–water partition coefficient (Wildman–Crippen LogP) is 11.8. The van der Waals surface area contributed by atoms with Gasteiger partial charge in [-0.3, -0.25) is 18.6 Å². The number of aliphatic hydroxyl groups is 1. The van der Waals surface area contributed by atoms with E-state index in [4.69, 9.17) is 13.8 Å². The highest BCUT2D eigenvalue weighted by atomic mass is 31.2. The maximum atomic E-state index is 12.1. The number of ether oxygens (including phenoxy) is 1. The van der Waals surface area contributed by atoms with Crippen LogP contribution in [-0.2, 0) is 27.9 Å². The zero-order chi connectivity index (χ0) is 41.8. The van der Waals surface area contributed by atoms with Crippen LogP contribution in [0.3, 0.4) is 0 Å². The third-order valence-electron chi connectivity index (χ3n) is 7.89. The van der Waals surface area contributed by atoms with Crippen molar-refractivity contribution in [2.45, 2.75) is 136 Å². The molecule has 0 radical (unpaired) electrons. The van der Waals surface area contributed by atoms with Crippen molar-refractivity contribution in [3.05, 3.63) is 122 Å². The summed E-state index contributed by atoms with van der Waals surface area (Å²) in [7, 11) is -4.45. The Bertz CT molecular complexity index is 1340. The van der Waals surface area contributed by atoms with Gasteiger partial charge in [-0.1, -0.05) is 142 Å². The Morgan fingerprint density at radius 1 is 0.544 bits per heavy atom. The van der Waals surface area contributed by atoms with Crippen LogP contribution in [0, 0.1) is 0 Å². The molecule has 0 saturated heterocycles. The van der Waals surface area contributed by atoms with E-state index in [1.165, 1.54) is 0 Å². The Morgan fingerprint density at radius 2 is 0.965 bits per heavy atom. The summed E-state index contributed by atoms with van der Waals surface area (Å²) in [5.74, 6) is -0.621. The standard InChI is InChI=1S/C47H74NO8P/c1-3-5-7-9-11-13-15-17-18-19-20-21-22-23-24-25-26-28-29-31-33-35-37-39-46(50)48-41-42-55-57(52,53)56-44-45(49)43-54-47(51)40-38-36-34-32-30-27-16-14-12-10-8-6-4-2/h5-8,11-14,17-18,20-21,23-24,26-28,30-31,33,45,49H,3-4,9-10,15-16,19,22,25,29,32,34-44H2,1-2H3,(H,48,50)(H,52,53)/b7-5-,8-6-,13-11-,14-12-,18-17-,21-20-,24-23-,28-26-,30-27-,33-31-. The molecule has 0 fully saturated rings. The lowest BCUT2D eigenvalue weighted by Gasteiger charge is -2.15. The van der Waals surface area contributed by atoms with Crippen molar-refractivity contribution < 1.29 is 37.9 Å².